The number of hydrogen-bond donors (Lipinski definition) is 3. The van der Waals surface area contributed by atoms with Crippen molar-refractivity contribution in [3.8, 4) is 17.0 Å². The highest BCUT2D eigenvalue weighted by molar-refractivity contribution is 7.80. The van der Waals surface area contributed by atoms with E-state index in [0.29, 0.717) is 27.8 Å². The molecule has 0 amide bonds. The lowest BCUT2D eigenvalue weighted by molar-refractivity contribution is 0.475. The minimum atomic E-state index is 0.208. The Morgan fingerprint density at radius 3 is 2.67 bits per heavy atom. The van der Waals surface area contributed by atoms with Crippen molar-refractivity contribution < 1.29 is 5.11 Å². The SMILES string of the molecule is C/C=C/NC(=S)Nc1ccc2ncc(-c3ccc(O)cc3)nc2n1. The van der Waals surface area contributed by atoms with E-state index in [2.05, 4.69) is 25.6 Å². The monoisotopic (exact) mass is 337 g/mol. The predicted octanol–water partition coefficient (Wildman–Crippen LogP) is 3.22. The third kappa shape index (κ3) is 3.64. The average Bonchev–Trinajstić information content (AvgIpc) is 2.60. The summed E-state index contributed by atoms with van der Waals surface area (Å²) in [6.45, 7) is 1.89. The number of thiocarbonyl (C=S) groups is 1. The summed E-state index contributed by atoms with van der Waals surface area (Å²) >= 11 is 5.17. The molecule has 0 fully saturated rings. The van der Waals surface area contributed by atoms with E-state index >= 15 is 0 Å². The van der Waals surface area contributed by atoms with Crippen molar-refractivity contribution in [3.63, 3.8) is 0 Å². The maximum Gasteiger partial charge on any atom is 0.180 e. The summed E-state index contributed by atoms with van der Waals surface area (Å²) in [6, 6.07) is 10.4. The first-order valence-corrected chi connectivity index (χ1v) is 7.68. The van der Waals surface area contributed by atoms with Gasteiger partial charge in [-0.3, -0.25) is 4.98 Å². The third-order valence-corrected chi connectivity index (χ3v) is 3.41. The number of aromatic hydroxyl groups is 1. The molecule has 2 heterocycles. The standard InChI is InChI=1S/C17H15N5OS/c1-2-9-18-17(24)22-15-8-7-13-16(21-15)20-14(10-19-13)11-3-5-12(23)6-4-11/h2-10,23H,1H3,(H2,18,20,21,22,24)/b9-2+. The smallest absolute Gasteiger partial charge is 0.180 e. The van der Waals surface area contributed by atoms with Crippen LogP contribution in [0.25, 0.3) is 22.4 Å². The number of nitrogens with one attached hydrogen (secondary N) is 2. The highest BCUT2D eigenvalue weighted by atomic mass is 32.1. The maximum absolute atomic E-state index is 9.38. The average molecular weight is 337 g/mol. The fraction of sp³-hybridized carbons (Fsp3) is 0.0588. The number of allylic oxidation sites excluding steroid dienone is 1. The molecule has 0 unspecified atom stereocenters. The second-order valence-corrected chi connectivity index (χ2v) is 5.35. The molecule has 0 aliphatic carbocycles. The van der Waals surface area contributed by atoms with Gasteiger partial charge in [0.2, 0.25) is 0 Å². The predicted molar refractivity (Wildman–Crippen MR) is 98.6 cm³/mol. The number of rotatable bonds is 3. The number of anilines is 1. The van der Waals surface area contributed by atoms with Crippen molar-refractivity contribution in [1.29, 1.82) is 0 Å². The van der Waals surface area contributed by atoms with E-state index in [1.807, 2.05) is 19.1 Å². The van der Waals surface area contributed by atoms with E-state index in [9.17, 15) is 5.11 Å². The van der Waals surface area contributed by atoms with E-state index in [0.717, 1.165) is 5.56 Å². The Morgan fingerprint density at radius 1 is 1.12 bits per heavy atom. The van der Waals surface area contributed by atoms with Crippen LogP contribution in [-0.2, 0) is 0 Å². The Hall–Kier alpha value is -3.06. The largest absolute Gasteiger partial charge is 0.508 e. The van der Waals surface area contributed by atoms with Gasteiger partial charge in [-0.25, -0.2) is 9.97 Å². The molecule has 0 aliphatic rings. The van der Waals surface area contributed by atoms with Gasteiger partial charge in [-0.15, -0.1) is 0 Å². The minimum absolute atomic E-state index is 0.208. The molecule has 2 aromatic heterocycles. The van der Waals surface area contributed by atoms with Crippen molar-refractivity contribution in [2.24, 2.45) is 0 Å². The first-order valence-electron chi connectivity index (χ1n) is 7.27. The molecule has 3 aromatic rings. The summed E-state index contributed by atoms with van der Waals surface area (Å²) in [4.78, 5) is 13.3. The number of pyridine rings is 1. The molecule has 0 aliphatic heterocycles. The molecule has 0 spiro atoms. The van der Waals surface area contributed by atoms with Crippen LogP contribution in [0, 0.1) is 0 Å². The molecule has 3 N–H and O–H groups in total. The number of hydrogen-bond acceptors (Lipinski definition) is 5. The van der Waals surface area contributed by atoms with E-state index in [1.165, 1.54) is 0 Å². The van der Waals surface area contributed by atoms with E-state index in [4.69, 9.17) is 12.2 Å². The van der Waals surface area contributed by atoms with Crippen LogP contribution in [0.3, 0.4) is 0 Å². The Labute approximate surface area is 144 Å². The summed E-state index contributed by atoms with van der Waals surface area (Å²) in [5.74, 6) is 0.793. The number of aromatic nitrogens is 3. The molecule has 120 valence electrons. The summed E-state index contributed by atoms with van der Waals surface area (Å²) < 4.78 is 0. The molecule has 0 saturated carbocycles. The summed E-state index contributed by atoms with van der Waals surface area (Å²) in [7, 11) is 0. The molecule has 3 rings (SSSR count). The molecule has 0 radical (unpaired) electrons. The van der Waals surface area contributed by atoms with Crippen LogP contribution >= 0.6 is 12.2 Å². The van der Waals surface area contributed by atoms with Crippen LogP contribution < -0.4 is 10.6 Å². The van der Waals surface area contributed by atoms with Gasteiger partial charge in [0.25, 0.3) is 0 Å². The fourth-order valence-corrected chi connectivity index (χ4v) is 2.22. The number of fused-ring (bicyclic) bond motifs is 1. The maximum atomic E-state index is 9.38. The lowest BCUT2D eigenvalue weighted by atomic mass is 10.1. The highest BCUT2D eigenvalue weighted by Gasteiger charge is 2.06. The van der Waals surface area contributed by atoms with Gasteiger partial charge in [0.1, 0.15) is 17.1 Å². The summed E-state index contributed by atoms with van der Waals surface area (Å²) in [6.07, 6.45) is 5.26. The zero-order valence-corrected chi connectivity index (χ0v) is 13.7. The van der Waals surface area contributed by atoms with Crippen LogP contribution in [0.5, 0.6) is 5.75 Å². The summed E-state index contributed by atoms with van der Waals surface area (Å²) in [5, 5.41) is 15.7. The van der Waals surface area contributed by atoms with Crippen LogP contribution in [0.4, 0.5) is 5.82 Å². The zero-order valence-electron chi connectivity index (χ0n) is 12.9. The molecular weight excluding hydrogens is 322 g/mol. The molecule has 6 nitrogen and oxygen atoms in total. The topological polar surface area (TPSA) is 83.0 Å². The lowest BCUT2D eigenvalue weighted by Crippen LogP contribution is -2.23. The van der Waals surface area contributed by atoms with Crippen molar-refractivity contribution in [2.45, 2.75) is 6.92 Å². The molecular formula is C17H15N5OS. The van der Waals surface area contributed by atoms with Gasteiger partial charge in [-0.1, -0.05) is 6.08 Å². The van der Waals surface area contributed by atoms with Crippen LogP contribution in [0.1, 0.15) is 6.92 Å². The third-order valence-electron chi connectivity index (χ3n) is 3.19. The van der Waals surface area contributed by atoms with Gasteiger partial charge in [0, 0.05) is 5.56 Å². The summed E-state index contributed by atoms with van der Waals surface area (Å²) in [5.41, 5.74) is 2.74. The Morgan fingerprint density at radius 2 is 1.92 bits per heavy atom. The number of phenolic OH excluding ortho intramolecular Hbond substituents is 1. The van der Waals surface area contributed by atoms with Crippen molar-refractivity contribution in [3.05, 3.63) is 54.9 Å². The quantitative estimate of drug-likeness (QED) is 0.633. The van der Waals surface area contributed by atoms with Crippen LogP contribution in [-0.4, -0.2) is 25.2 Å². The van der Waals surface area contributed by atoms with Gasteiger partial charge < -0.3 is 15.7 Å². The Balaban J connectivity index is 1.90. The van der Waals surface area contributed by atoms with Crippen molar-refractivity contribution >= 4 is 34.3 Å². The van der Waals surface area contributed by atoms with Crippen LogP contribution in [0.2, 0.25) is 0 Å². The number of nitrogens with zero attached hydrogens (tertiary/aromatic N) is 3. The van der Waals surface area contributed by atoms with Gasteiger partial charge in [0.15, 0.2) is 10.8 Å². The van der Waals surface area contributed by atoms with E-state index < -0.39 is 0 Å². The van der Waals surface area contributed by atoms with E-state index in [1.54, 1.807) is 42.7 Å². The van der Waals surface area contributed by atoms with E-state index in [-0.39, 0.29) is 5.75 Å². The zero-order chi connectivity index (χ0) is 16.9. The number of phenols is 1. The van der Waals surface area contributed by atoms with Crippen molar-refractivity contribution in [1.82, 2.24) is 20.3 Å². The van der Waals surface area contributed by atoms with Crippen molar-refractivity contribution in [2.75, 3.05) is 5.32 Å². The second-order valence-electron chi connectivity index (χ2n) is 4.94. The van der Waals surface area contributed by atoms with Gasteiger partial charge in [-0.05, 0) is 61.7 Å². The molecule has 0 atom stereocenters. The Kier molecular flexibility index (Phi) is 4.62. The molecule has 0 bridgehead atoms. The van der Waals surface area contributed by atoms with Gasteiger partial charge >= 0.3 is 0 Å². The molecule has 24 heavy (non-hydrogen) atoms. The molecule has 7 heteroatoms. The van der Waals surface area contributed by atoms with Crippen LogP contribution in [0.15, 0.2) is 54.9 Å². The molecule has 0 saturated heterocycles. The fourth-order valence-electron chi connectivity index (χ4n) is 2.05. The number of benzene rings is 1. The second kappa shape index (κ2) is 7.01. The Bertz CT molecular complexity index is 909. The van der Waals surface area contributed by atoms with Gasteiger partial charge in [0.05, 0.1) is 11.9 Å². The van der Waals surface area contributed by atoms with Gasteiger partial charge in [-0.2, -0.15) is 0 Å². The first-order chi connectivity index (χ1) is 11.7. The minimum Gasteiger partial charge on any atom is -0.508 e. The normalized spacial score (nSPS) is 10.9. The first kappa shape index (κ1) is 15.8. The highest BCUT2D eigenvalue weighted by Crippen LogP contribution is 2.21. The lowest BCUT2D eigenvalue weighted by Gasteiger charge is -2.08. The molecule has 1 aromatic carbocycles.